The molecule has 1 aliphatic rings. The molecule has 1 rings (SSSR count). The SMILES string of the molecule is CC(C)(C)C(=O)CCCN1C(=O)CCC1=O. The molecule has 90 valence electrons. The maximum Gasteiger partial charge on any atom is 0.229 e. The fourth-order valence-electron chi connectivity index (χ4n) is 1.64. The van der Waals surface area contributed by atoms with Crippen LogP contribution in [0.4, 0.5) is 0 Å². The molecule has 4 nitrogen and oxygen atoms in total. The van der Waals surface area contributed by atoms with Crippen LogP contribution >= 0.6 is 0 Å². The van der Waals surface area contributed by atoms with Gasteiger partial charge in [0, 0.05) is 31.2 Å². The van der Waals surface area contributed by atoms with Gasteiger partial charge in [0.25, 0.3) is 0 Å². The number of amides is 2. The standard InChI is InChI=1S/C12H19NO3/c1-12(2,3)9(14)5-4-8-13-10(15)6-7-11(13)16/h4-8H2,1-3H3. The number of carbonyl (C=O) groups excluding carboxylic acids is 3. The van der Waals surface area contributed by atoms with E-state index in [0.717, 1.165) is 0 Å². The van der Waals surface area contributed by atoms with Gasteiger partial charge in [0.2, 0.25) is 11.8 Å². The van der Waals surface area contributed by atoms with Crippen molar-refractivity contribution >= 4 is 17.6 Å². The molecule has 16 heavy (non-hydrogen) atoms. The zero-order chi connectivity index (χ0) is 12.3. The minimum atomic E-state index is -0.334. The first kappa shape index (κ1) is 12.9. The van der Waals surface area contributed by atoms with Gasteiger partial charge in [-0.05, 0) is 6.42 Å². The Balaban J connectivity index is 2.33. The summed E-state index contributed by atoms with van der Waals surface area (Å²) < 4.78 is 0. The largest absolute Gasteiger partial charge is 0.299 e. The van der Waals surface area contributed by atoms with E-state index in [-0.39, 0.29) is 23.0 Å². The highest BCUT2D eigenvalue weighted by atomic mass is 16.2. The number of imide groups is 1. The molecule has 0 bridgehead atoms. The van der Waals surface area contributed by atoms with E-state index in [2.05, 4.69) is 0 Å². The molecular weight excluding hydrogens is 206 g/mol. The van der Waals surface area contributed by atoms with Crippen LogP contribution in [0.1, 0.15) is 46.5 Å². The van der Waals surface area contributed by atoms with Crippen molar-refractivity contribution in [3.05, 3.63) is 0 Å². The summed E-state index contributed by atoms with van der Waals surface area (Å²) in [4.78, 5) is 35.4. The van der Waals surface area contributed by atoms with Gasteiger partial charge >= 0.3 is 0 Å². The molecule has 1 aliphatic heterocycles. The summed E-state index contributed by atoms with van der Waals surface area (Å²) in [7, 11) is 0. The van der Waals surface area contributed by atoms with Gasteiger partial charge in [-0.15, -0.1) is 0 Å². The molecule has 1 saturated heterocycles. The van der Waals surface area contributed by atoms with E-state index in [1.807, 2.05) is 20.8 Å². The lowest BCUT2D eigenvalue weighted by Crippen LogP contribution is -2.31. The molecule has 2 amide bonds. The Morgan fingerprint density at radius 2 is 1.69 bits per heavy atom. The fourth-order valence-corrected chi connectivity index (χ4v) is 1.64. The summed E-state index contributed by atoms with van der Waals surface area (Å²) in [5.41, 5.74) is -0.334. The highest BCUT2D eigenvalue weighted by Gasteiger charge is 2.28. The highest BCUT2D eigenvalue weighted by molar-refractivity contribution is 6.01. The quantitative estimate of drug-likeness (QED) is 0.682. The second kappa shape index (κ2) is 4.76. The topological polar surface area (TPSA) is 54.5 Å². The Hall–Kier alpha value is -1.19. The van der Waals surface area contributed by atoms with Crippen molar-refractivity contribution < 1.29 is 14.4 Å². The lowest BCUT2D eigenvalue weighted by Gasteiger charge is -2.18. The Morgan fingerprint density at radius 3 is 2.12 bits per heavy atom. The predicted molar refractivity (Wildman–Crippen MR) is 59.7 cm³/mol. The summed E-state index contributed by atoms with van der Waals surface area (Å²) in [5.74, 6) is -0.0342. The third kappa shape index (κ3) is 3.15. The van der Waals surface area contributed by atoms with E-state index in [9.17, 15) is 14.4 Å². The van der Waals surface area contributed by atoms with Crippen LogP contribution in [0.25, 0.3) is 0 Å². The third-order valence-electron chi connectivity index (χ3n) is 2.78. The molecule has 0 spiro atoms. The molecule has 0 aliphatic carbocycles. The predicted octanol–water partition coefficient (Wildman–Crippen LogP) is 1.53. The van der Waals surface area contributed by atoms with Gasteiger partial charge in [0.05, 0.1) is 0 Å². The average Bonchev–Trinajstić information content (AvgIpc) is 2.47. The number of hydrogen-bond acceptors (Lipinski definition) is 3. The van der Waals surface area contributed by atoms with E-state index in [1.54, 1.807) is 0 Å². The summed E-state index contributed by atoms with van der Waals surface area (Å²) in [5, 5.41) is 0. The minimum Gasteiger partial charge on any atom is -0.299 e. The van der Waals surface area contributed by atoms with Crippen molar-refractivity contribution in [1.82, 2.24) is 4.90 Å². The molecule has 0 aromatic heterocycles. The molecule has 0 atom stereocenters. The van der Waals surface area contributed by atoms with E-state index in [0.29, 0.717) is 32.2 Å². The smallest absolute Gasteiger partial charge is 0.229 e. The monoisotopic (exact) mass is 225 g/mol. The van der Waals surface area contributed by atoms with Gasteiger partial charge in [0.15, 0.2) is 0 Å². The Kier molecular flexibility index (Phi) is 3.83. The molecule has 0 radical (unpaired) electrons. The highest BCUT2D eigenvalue weighted by Crippen LogP contribution is 2.19. The number of nitrogens with zero attached hydrogens (tertiary/aromatic N) is 1. The third-order valence-corrected chi connectivity index (χ3v) is 2.78. The molecule has 1 fully saturated rings. The van der Waals surface area contributed by atoms with Crippen LogP contribution in [0.15, 0.2) is 0 Å². The first-order chi connectivity index (χ1) is 7.32. The van der Waals surface area contributed by atoms with Gasteiger partial charge in [0.1, 0.15) is 5.78 Å². The van der Waals surface area contributed by atoms with Crippen LogP contribution in [0.2, 0.25) is 0 Å². The number of likely N-dealkylation sites (tertiary alicyclic amines) is 1. The van der Waals surface area contributed by atoms with Gasteiger partial charge in [-0.2, -0.15) is 0 Å². The number of Topliss-reactive ketones (excluding diaryl/α,β-unsaturated/α-hetero) is 1. The molecule has 0 N–H and O–H groups in total. The maximum absolute atomic E-state index is 11.6. The molecule has 4 heteroatoms. The second-order valence-corrected chi connectivity index (χ2v) is 5.22. The Labute approximate surface area is 96.0 Å². The first-order valence-electron chi connectivity index (χ1n) is 5.69. The van der Waals surface area contributed by atoms with Crippen molar-refractivity contribution in [2.24, 2.45) is 5.41 Å². The summed E-state index contributed by atoms with van der Waals surface area (Å²) in [6.07, 6.45) is 1.66. The zero-order valence-electron chi connectivity index (χ0n) is 10.2. The average molecular weight is 225 g/mol. The minimum absolute atomic E-state index is 0.104. The number of hydrogen-bond donors (Lipinski definition) is 0. The first-order valence-corrected chi connectivity index (χ1v) is 5.69. The van der Waals surface area contributed by atoms with Crippen molar-refractivity contribution in [3.8, 4) is 0 Å². The van der Waals surface area contributed by atoms with Gasteiger partial charge in [-0.1, -0.05) is 20.8 Å². The Bertz CT molecular complexity index is 299. The van der Waals surface area contributed by atoms with Gasteiger partial charge in [-0.3, -0.25) is 19.3 Å². The number of ketones is 1. The molecule has 1 heterocycles. The van der Waals surface area contributed by atoms with Crippen LogP contribution < -0.4 is 0 Å². The fraction of sp³-hybridized carbons (Fsp3) is 0.750. The van der Waals surface area contributed by atoms with Crippen LogP contribution in [0.3, 0.4) is 0 Å². The van der Waals surface area contributed by atoms with Crippen LogP contribution in [0.5, 0.6) is 0 Å². The second-order valence-electron chi connectivity index (χ2n) is 5.22. The molecule has 0 unspecified atom stereocenters. The number of carbonyl (C=O) groups is 3. The van der Waals surface area contributed by atoms with Crippen LogP contribution in [-0.4, -0.2) is 29.0 Å². The van der Waals surface area contributed by atoms with Crippen LogP contribution in [-0.2, 0) is 14.4 Å². The van der Waals surface area contributed by atoms with E-state index >= 15 is 0 Å². The summed E-state index contributed by atoms with van der Waals surface area (Å²) >= 11 is 0. The van der Waals surface area contributed by atoms with E-state index in [1.165, 1.54) is 4.90 Å². The molecule has 0 aromatic rings. The molecular formula is C12H19NO3. The van der Waals surface area contributed by atoms with Gasteiger partial charge < -0.3 is 0 Å². The number of rotatable bonds is 4. The molecule has 0 aromatic carbocycles. The van der Waals surface area contributed by atoms with Crippen molar-refractivity contribution in [2.75, 3.05) is 6.54 Å². The summed E-state index contributed by atoms with van der Waals surface area (Å²) in [6.45, 7) is 6.02. The van der Waals surface area contributed by atoms with E-state index < -0.39 is 0 Å². The van der Waals surface area contributed by atoms with Crippen molar-refractivity contribution in [1.29, 1.82) is 0 Å². The Morgan fingerprint density at radius 1 is 1.19 bits per heavy atom. The summed E-state index contributed by atoms with van der Waals surface area (Å²) in [6, 6.07) is 0. The molecule has 0 saturated carbocycles. The van der Waals surface area contributed by atoms with Crippen molar-refractivity contribution in [3.63, 3.8) is 0 Å². The van der Waals surface area contributed by atoms with Crippen molar-refractivity contribution in [2.45, 2.75) is 46.5 Å². The lowest BCUT2D eigenvalue weighted by atomic mass is 9.88. The lowest BCUT2D eigenvalue weighted by molar-refractivity contribution is -0.139. The van der Waals surface area contributed by atoms with E-state index in [4.69, 9.17) is 0 Å². The zero-order valence-corrected chi connectivity index (χ0v) is 10.2. The van der Waals surface area contributed by atoms with Crippen LogP contribution in [0, 0.1) is 5.41 Å². The van der Waals surface area contributed by atoms with Gasteiger partial charge in [-0.25, -0.2) is 0 Å². The normalized spacial score (nSPS) is 17.1. The maximum atomic E-state index is 11.6.